The lowest BCUT2D eigenvalue weighted by molar-refractivity contribution is 0.260. The second-order valence-corrected chi connectivity index (χ2v) is 5.59. The second-order valence-electron chi connectivity index (χ2n) is 5.21. The minimum absolute atomic E-state index is 0.495. The van der Waals surface area contributed by atoms with E-state index < -0.39 is 0 Å². The van der Waals surface area contributed by atoms with Crippen LogP contribution in [0.4, 0.5) is 0 Å². The van der Waals surface area contributed by atoms with E-state index in [0.29, 0.717) is 6.04 Å². The Balaban J connectivity index is 3.33. The summed E-state index contributed by atoms with van der Waals surface area (Å²) in [7, 11) is 3.85. The van der Waals surface area contributed by atoms with Crippen molar-refractivity contribution in [2.45, 2.75) is 47.2 Å². The van der Waals surface area contributed by atoms with E-state index in [4.69, 9.17) is 16.3 Å². The molecule has 0 unspecified atom stereocenters. The van der Waals surface area contributed by atoms with Crippen LogP contribution in [0.3, 0.4) is 0 Å². The zero-order chi connectivity index (χ0) is 14.0. The van der Waals surface area contributed by atoms with Crippen molar-refractivity contribution in [3.05, 3.63) is 27.3 Å². The van der Waals surface area contributed by atoms with Gasteiger partial charge in [0.15, 0.2) is 0 Å². The van der Waals surface area contributed by atoms with Crippen molar-refractivity contribution < 1.29 is 4.74 Å². The molecule has 0 amide bonds. The average Bonchev–Trinajstić information content (AvgIpc) is 2.33. The SMILES string of the molecule is COc1c(C)c(C)c(Cl)c(C)c1CN(C)C(C)C. The fraction of sp³-hybridized carbons (Fsp3) is 0.600. The Hall–Kier alpha value is -0.730. The minimum atomic E-state index is 0.495. The van der Waals surface area contributed by atoms with Crippen molar-refractivity contribution in [2.75, 3.05) is 14.2 Å². The van der Waals surface area contributed by atoms with Crippen LogP contribution in [0, 0.1) is 20.8 Å². The van der Waals surface area contributed by atoms with E-state index in [9.17, 15) is 0 Å². The van der Waals surface area contributed by atoms with Crippen LogP contribution < -0.4 is 4.74 Å². The summed E-state index contributed by atoms with van der Waals surface area (Å²) in [6.45, 7) is 11.4. The number of halogens is 1. The summed E-state index contributed by atoms with van der Waals surface area (Å²) in [6, 6.07) is 0.495. The lowest BCUT2D eigenvalue weighted by Crippen LogP contribution is -2.26. The number of hydrogen-bond donors (Lipinski definition) is 0. The number of benzene rings is 1. The lowest BCUT2D eigenvalue weighted by atomic mass is 9.98. The monoisotopic (exact) mass is 269 g/mol. The Bertz CT molecular complexity index is 441. The third-order valence-corrected chi connectivity index (χ3v) is 4.35. The van der Waals surface area contributed by atoms with Crippen LogP contribution in [0.25, 0.3) is 0 Å². The predicted octanol–water partition coefficient (Wildman–Crippen LogP) is 4.11. The highest BCUT2D eigenvalue weighted by Crippen LogP contribution is 2.36. The van der Waals surface area contributed by atoms with Crippen LogP contribution >= 0.6 is 11.6 Å². The number of nitrogens with zero attached hydrogens (tertiary/aromatic N) is 1. The maximum atomic E-state index is 6.41. The van der Waals surface area contributed by atoms with Gasteiger partial charge in [0.05, 0.1) is 7.11 Å². The van der Waals surface area contributed by atoms with Gasteiger partial charge in [-0.3, -0.25) is 4.90 Å². The molecule has 0 aliphatic carbocycles. The van der Waals surface area contributed by atoms with Gasteiger partial charge in [0.25, 0.3) is 0 Å². The van der Waals surface area contributed by atoms with Gasteiger partial charge in [-0.2, -0.15) is 0 Å². The van der Waals surface area contributed by atoms with E-state index in [-0.39, 0.29) is 0 Å². The first kappa shape index (κ1) is 15.3. The smallest absolute Gasteiger partial charge is 0.126 e. The molecule has 1 aromatic rings. The molecule has 0 aliphatic rings. The van der Waals surface area contributed by atoms with Crippen LogP contribution in [0.2, 0.25) is 5.02 Å². The maximum Gasteiger partial charge on any atom is 0.126 e. The average molecular weight is 270 g/mol. The van der Waals surface area contributed by atoms with Gasteiger partial charge in [-0.25, -0.2) is 0 Å². The van der Waals surface area contributed by atoms with E-state index in [0.717, 1.165) is 34.0 Å². The Morgan fingerprint density at radius 1 is 1.11 bits per heavy atom. The molecule has 18 heavy (non-hydrogen) atoms. The molecule has 102 valence electrons. The molecule has 1 rings (SSSR count). The van der Waals surface area contributed by atoms with E-state index in [1.165, 1.54) is 5.56 Å². The summed E-state index contributed by atoms with van der Waals surface area (Å²) in [5.74, 6) is 0.974. The van der Waals surface area contributed by atoms with Gasteiger partial charge in [0, 0.05) is 23.2 Å². The standard InChI is InChI=1S/C15H24ClNO/c1-9(2)17(6)8-13-12(5)14(16)10(3)11(4)15(13)18-7/h9H,8H2,1-7H3. The van der Waals surface area contributed by atoms with Crippen molar-refractivity contribution in [2.24, 2.45) is 0 Å². The summed E-state index contributed by atoms with van der Waals surface area (Å²) in [5.41, 5.74) is 4.58. The molecule has 1 aromatic carbocycles. The molecular weight excluding hydrogens is 246 g/mol. The molecule has 0 fully saturated rings. The summed E-state index contributed by atoms with van der Waals surface area (Å²) in [5, 5.41) is 0.862. The third kappa shape index (κ3) is 2.81. The van der Waals surface area contributed by atoms with Crippen LogP contribution in [-0.4, -0.2) is 25.1 Å². The maximum absolute atomic E-state index is 6.41. The van der Waals surface area contributed by atoms with Crippen LogP contribution in [0.5, 0.6) is 5.75 Å². The van der Waals surface area contributed by atoms with Crippen molar-refractivity contribution in [1.29, 1.82) is 0 Å². The van der Waals surface area contributed by atoms with E-state index in [1.54, 1.807) is 7.11 Å². The highest BCUT2D eigenvalue weighted by molar-refractivity contribution is 6.32. The van der Waals surface area contributed by atoms with Gasteiger partial charge >= 0.3 is 0 Å². The first-order valence-electron chi connectivity index (χ1n) is 6.33. The molecule has 0 saturated heterocycles. The Morgan fingerprint density at radius 2 is 1.67 bits per heavy atom. The van der Waals surface area contributed by atoms with E-state index in [2.05, 4.69) is 39.6 Å². The van der Waals surface area contributed by atoms with Gasteiger partial charge < -0.3 is 4.74 Å². The largest absolute Gasteiger partial charge is 0.496 e. The number of methoxy groups -OCH3 is 1. The first-order valence-corrected chi connectivity index (χ1v) is 6.71. The second kappa shape index (κ2) is 5.94. The van der Waals surface area contributed by atoms with Crippen molar-refractivity contribution >= 4 is 11.6 Å². The molecule has 2 nitrogen and oxygen atoms in total. The molecule has 0 aliphatic heterocycles. The Kier molecular flexibility index (Phi) is 5.06. The predicted molar refractivity (Wildman–Crippen MR) is 78.8 cm³/mol. The highest BCUT2D eigenvalue weighted by atomic mass is 35.5. The van der Waals surface area contributed by atoms with Crippen molar-refractivity contribution in [1.82, 2.24) is 4.90 Å². The van der Waals surface area contributed by atoms with E-state index >= 15 is 0 Å². The fourth-order valence-electron chi connectivity index (χ4n) is 2.04. The van der Waals surface area contributed by atoms with Gasteiger partial charge in [-0.05, 0) is 58.4 Å². The number of rotatable bonds is 4. The quantitative estimate of drug-likeness (QED) is 0.815. The van der Waals surface area contributed by atoms with Crippen LogP contribution in [-0.2, 0) is 6.54 Å². The lowest BCUT2D eigenvalue weighted by Gasteiger charge is -2.25. The molecule has 3 heteroatoms. The number of hydrogen-bond acceptors (Lipinski definition) is 2. The fourth-order valence-corrected chi connectivity index (χ4v) is 2.30. The third-order valence-electron chi connectivity index (χ3n) is 3.78. The number of ether oxygens (including phenoxy) is 1. The molecule has 0 spiro atoms. The minimum Gasteiger partial charge on any atom is -0.496 e. The normalized spacial score (nSPS) is 11.4. The zero-order valence-corrected chi connectivity index (χ0v) is 13.3. The van der Waals surface area contributed by atoms with Crippen LogP contribution in [0.1, 0.15) is 36.1 Å². The molecular formula is C15H24ClNO. The van der Waals surface area contributed by atoms with Gasteiger partial charge in [-0.15, -0.1) is 0 Å². The summed E-state index contributed by atoms with van der Waals surface area (Å²) in [6.07, 6.45) is 0. The molecule has 0 radical (unpaired) electrons. The van der Waals surface area contributed by atoms with Crippen molar-refractivity contribution in [3.63, 3.8) is 0 Å². The van der Waals surface area contributed by atoms with Gasteiger partial charge in [0.2, 0.25) is 0 Å². The van der Waals surface area contributed by atoms with E-state index in [1.807, 2.05) is 6.92 Å². The molecule has 0 atom stereocenters. The summed E-state index contributed by atoms with van der Waals surface area (Å²) >= 11 is 6.41. The van der Waals surface area contributed by atoms with Gasteiger partial charge in [0.1, 0.15) is 5.75 Å². The molecule has 0 heterocycles. The first-order chi connectivity index (χ1) is 8.31. The zero-order valence-electron chi connectivity index (χ0n) is 12.5. The summed E-state index contributed by atoms with van der Waals surface area (Å²) < 4.78 is 5.59. The highest BCUT2D eigenvalue weighted by Gasteiger charge is 2.18. The Labute approximate surface area is 116 Å². The van der Waals surface area contributed by atoms with Crippen LogP contribution in [0.15, 0.2) is 0 Å². The van der Waals surface area contributed by atoms with Crippen molar-refractivity contribution in [3.8, 4) is 5.75 Å². The van der Waals surface area contributed by atoms with Gasteiger partial charge in [-0.1, -0.05) is 11.6 Å². The Morgan fingerprint density at radius 3 is 2.11 bits per heavy atom. The molecule has 0 saturated carbocycles. The summed E-state index contributed by atoms with van der Waals surface area (Å²) in [4.78, 5) is 2.29. The topological polar surface area (TPSA) is 12.5 Å². The molecule has 0 N–H and O–H groups in total. The molecule has 0 bridgehead atoms. The molecule has 0 aromatic heterocycles.